The van der Waals surface area contributed by atoms with Crippen LogP contribution in [0.4, 0.5) is 0 Å². The predicted molar refractivity (Wildman–Crippen MR) is 88.6 cm³/mol. The fraction of sp³-hybridized carbons (Fsp3) is 0.647. The number of thioether (sulfide) groups is 1. The first-order valence-corrected chi connectivity index (χ1v) is 8.99. The number of benzene rings is 1. The predicted octanol–water partition coefficient (Wildman–Crippen LogP) is 2.75. The first kappa shape index (κ1) is 14.4. The summed E-state index contributed by atoms with van der Waals surface area (Å²) in [6, 6.07) is 11.9. The Bertz CT molecular complexity index is 406. The summed E-state index contributed by atoms with van der Waals surface area (Å²) in [5.74, 6) is 2.63. The average molecular weight is 290 g/mol. The van der Waals surface area contributed by atoms with Crippen molar-refractivity contribution >= 4 is 11.8 Å². The van der Waals surface area contributed by atoms with Crippen molar-refractivity contribution in [1.29, 1.82) is 0 Å². The molecule has 0 bridgehead atoms. The zero-order valence-corrected chi connectivity index (χ0v) is 13.3. The molecule has 1 aromatic carbocycles. The maximum Gasteiger partial charge on any atom is 0.0166 e. The fourth-order valence-corrected chi connectivity index (χ4v) is 4.63. The monoisotopic (exact) mass is 290 g/mol. The molecule has 0 spiro atoms. The summed E-state index contributed by atoms with van der Waals surface area (Å²) in [5.41, 5.74) is 1.88. The van der Waals surface area contributed by atoms with Crippen LogP contribution in [0.25, 0.3) is 0 Å². The van der Waals surface area contributed by atoms with Crippen molar-refractivity contribution in [2.24, 2.45) is 0 Å². The molecule has 2 heterocycles. The molecule has 2 saturated heterocycles. The number of piperidine rings is 1. The Kier molecular flexibility index (Phi) is 4.69. The van der Waals surface area contributed by atoms with Crippen molar-refractivity contribution in [1.82, 2.24) is 10.2 Å². The van der Waals surface area contributed by atoms with Crippen molar-refractivity contribution in [3.63, 3.8) is 0 Å². The van der Waals surface area contributed by atoms with Gasteiger partial charge in [0.25, 0.3) is 0 Å². The number of rotatable bonds is 4. The summed E-state index contributed by atoms with van der Waals surface area (Å²) in [6.07, 6.45) is 3.90. The molecule has 0 radical (unpaired) electrons. The lowest BCUT2D eigenvalue weighted by atomic mass is 9.72. The van der Waals surface area contributed by atoms with Crippen LogP contribution in [0.15, 0.2) is 30.3 Å². The van der Waals surface area contributed by atoms with E-state index in [1.165, 1.54) is 49.4 Å². The lowest BCUT2D eigenvalue weighted by Gasteiger charge is -2.42. The van der Waals surface area contributed by atoms with Crippen LogP contribution in [-0.2, 0) is 5.41 Å². The minimum Gasteiger partial charge on any atom is -0.312 e. The van der Waals surface area contributed by atoms with E-state index in [1.807, 2.05) is 0 Å². The fourth-order valence-electron chi connectivity index (χ4n) is 3.44. The first-order chi connectivity index (χ1) is 9.78. The standard InChI is InChI=1S/C17H26N2S/c1-19-10-8-17(9-11-19,15-5-3-2-4-6-15)14-18-16-7-12-20-13-16/h2-6,16,18H,7-14H2,1H3/t16-/m0/s1. The van der Waals surface area contributed by atoms with Gasteiger partial charge in [0, 0.05) is 23.8 Å². The van der Waals surface area contributed by atoms with Gasteiger partial charge in [0.2, 0.25) is 0 Å². The molecular weight excluding hydrogens is 264 g/mol. The summed E-state index contributed by atoms with van der Waals surface area (Å²) in [7, 11) is 2.25. The quantitative estimate of drug-likeness (QED) is 0.918. The van der Waals surface area contributed by atoms with Gasteiger partial charge in [0.1, 0.15) is 0 Å². The van der Waals surface area contributed by atoms with Gasteiger partial charge in [0.15, 0.2) is 0 Å². The number of nitrogens with zero attached hydrogens (tertiary/aromatic N) is 1. The Labute approximate surface area is 127 Å². The Balaban J connectivity index is 1.73. The van der Waals surface area contributed by atoms with E-state index >= 15 is 0 Å². The van der Waals surface area contributed by atoms with Crippen LogP contribution < -0.4 is 5.32 Å². The van der Waals surface area contributed by atoms with Crippen molar-refractivity contribution in [2.75, 3.05) is 38.2 Å². The third-order valence-corrected chi connectivity index (χ3v) is 6.15. The van der Waals surface area contributed by atoms with Gasteiger partial charge in [-0.2, -0.15) is 11.8 Å². The molecule has 0 aliphatic carbocycles. The molecule has 0 aromatic heterocycles. The number of likely N-dealkylation sites (tertiary alicyclic amines) is 1. The molecule has 0 amide bonds. The van der Waals surface area contributed by atoms with Crippen LogP contribution in [0, 0.1) is 0 Å². The summed E-state index contributed by atoms with van der Waals surface area (Å²) < 4.78 is 0. The van der Waals surface area contributed by atoms with Gasteiger partial charge in [-0.15, -0.1) is 0 Å². The Morgan fingerprint density at radius 2 is 2.00 bits per heavy atom. The van der Waals surface area contributed by atoms with Crippen molar-refractivity contribution in [3.8, 4) is 0 Å². The van der Waals surface area contributed by atoms with E-state index in [0.29, 0.717) is 5.41 Å². The second-order valence-electron chi connectivity index (χ2n) is 6.39. The molecule has 0 unspecified atom stereocenters. The summed E-state index contributed by atoms with van der Waals surface area (Å²) in [4.78, 5) is 2.46. The van der Waals surface area contributed by atoms with Crippen LogP contribution in [0.5, 0.6) is 0 Å². The number of hydrogen-bond acceptors (Lipinski definition) is 3. The Morgan fingerprint density at radius 3 is 2.65 bits per heavy atom. The molecule has 2 fully saturated rings. The van der Waals surface area contributed by atoms with Crippen LogP contribution in [0.2, 0.25) is 0 Å². The highest BCUT2D eigenvalue weighted by Gasteiger charge is 2.35. The molecule has 1 aromatic rings. The number of nitrogens with one attached hydrogen (secondary N) is 1. The molecule has 110 valence electrons. The molecule has 1 atom stereocenters. The molecule has 2 nitrogen and oxygen atoms in total. The smallest absolute Gasteiger partial charge is 0.0166 e. The number of hydrogen-bond donors (Lipinski definition) is 1. The van der Waals surface area contributed by atoms with E-state index in [-0.39, 0.29) is 0 Å². The maximum atomic E-state index is 3.87. The normalized spacial score (nSPS) is 26.8. The summed E-state index contributed by atoms with van der Waals surface area (Å²) >= 11 is 2.09. The van der Waals surface area contributed by atoms with Crippen LogP contribution in [-0.4, -0.2) is 49.1 Å². The Hall–Kier alpha value is -0.510. The van der Waals surface area contributed by atoms with Gasteiger partial charge in [-0.3, -0.25) is 0 Å². The largest absolute Gasteiger partial charge is 0.312 e. The van der Waals surface area contributed by atoms with Crippen molar-refractivity contribution in [2.45, 2.75) is 30.7 Å². The highest BCUT2D eigenvalue weighted by atomic mass is 32.2. The molecule has 2 aliphatic heterocycles. The third-order valence-electron chi connectivity index (χ3n) is 4.99. The van der Waals surface area contributed by atoms with E-state index in [4.69, 9.17) is 0 Å². The lowest BCUT2D eigenvalue weighted by Crippen LogP contribution is -2.49. The van der Waals surface area contributed by atoms with Crippen LogP contribution in [0.3, 0.4) is 0 Å². The van der Waals surface area contributed by atoms with Crippen molar-refractivity contribution in [3.05, 3.63) is 35.9 Å². The lowest BCUT2D eigenvalue weighted by molar-refractivity contribution is 0.180. The molecule has 20 heavy (non-hydrogen) atoms. The average Bonchev–Trinajstić information content (AvgIpc) is 3.01. The highest BCUT2D eigenvalue weighted by molar-refractivity contribution is 7.99. The van der Waals surface area contributed by atoms with Crippen molar-refractivity contribution < 1.29 is 0 Å². The summed E-state index contributed by atoms with van der Waals surface area (Å²) in [5, 5.41) is 3.87. The second kappa shape index (κ2) is 6.50. The van der Waals surface area contributed by atoms with Gasteiger partial charge < -0.3 is 10.2 Å². The van der Waals surface area contributed by atoms with E-state index in [2.05, 4.69) is 59.4 Å². The topological polar surface area (TPSA) is 15.3 Å². The molecule has 3 rings (SSSR count). The SMILES string of the molecule is CN1CCC(CN[C@H]2CCSC2)(c2ccccc2)CC1. The van der Waals surface area contributed by atoms with Gasteiger partial charge in [0.05, 0.1) is 0 Å². The molecule has 0 saturated carbocycles. The molecule has 2 aliphatic rings. The van der Waals surface area contributed by atoms with Gasteiger partial charge in [-0.1, -0.05) is 30.3 Å². The highest BCUT2D eigenvalue weighted by Crippen LogP contribution is 2.35. The first-order valence-electron chi connectivity index (χ1n) is 7.84. The minimum atomic E-state index is 0.348. The third kappa shape index (κ3) is 3.21. The summed E-state index contributed by atoms with van der Waals surface area (Å²) in [6.45, 7) is 3.59. The molecule has 1 N–H and O–H groups in total. The molecular formula is C17H26N2S. The maximum absolute atomic E-state index is 3.87. The molecule has 3 heteroatoms. The van der Waals surface area contributed by atoms with Gasteiger partial charge >= 0.3 is 0 Å². The zero-order chi connectivity index (χ0) is 13.8. The van der Waals surface area contributed by atoms with E-state index in [9.17, 15) is 0 Å². The van der Waals surface area contributed by atoms with Crippen LogP contribution >= 0.6 is 11.8 Å². The minimum absolute atomic E-state index is 0.348. The van der Waals surface area contributed by atoms with E-state index in [1.54, 1.807) is 0 Å². The Morgan fingerprint density at radius 1 is 1.25 bits per heavy atom. The van der Waals surface area contributed by atoms with E-state index in [0.717, 1.165) is 12.6 Å². The van der Waals surface area contributed by atoms with Crippen LogP contribution in [0.1, 0.15) is 24.8 Å². The van der Waals surface area contributed by atoms with E-state index < -0.39 is 0 Å². The van der Waals surface area contributed by atoms with Gasteiger partial charge in [-0.25, -0.2) is 0 Å². The zero-order valence-electron chi connectivity index (χ0n) is 12.5. The second-order valence-corrected chi connectivity index (χ2v) is 7.54. The van der Waals surface area contributed by atoms with Gasteiger partial charge in [-0.05, 0) is 50.7 Å².